The zero-order chi connectivity index (χ0) is 22.0. The number of benzene rings is 2. The van der Waals surface area contributed by atoms with Crippen LogP contribution in [0.1, 0.15) is 22.3 Å². The van der Waals surface area contributed by atoms with E-state index in [0.717, 1.165) is 29.4 Å². The van der Waals surface area contributed by atoms with Crippen molar-refractivity contribution in [1.29, 1.82) is 0 Å². The van der Waals surface area contributed by atoms with Gasteiger partial charge in [-0.1, -0.05) is 0 Å². The second-order valence-electron chi connectivity index (χ2n) is 6.95. The smallest absolute Gasteiger partial charge is 0.175 e. The van der Waals surface area contributed by atoms with Crippen LogP contribution in [0, 0.1) is 21.0 Å². The number of rotatable bonds is 8. The van der Waals surface area contributed by atoms with Gasteiger partial charge in [0.2, 0.25) is 0 Å². The molecule has 0 aliphatic carbocycles. The Morgan fingerprint density at radius 2 is 1.07 bits per heavy atom. The van der Waals surface area contributed by atoms with Gasteiger partial charge in [0.25, 0.3) is 0 Å². The molecule has 0 bridgehead atoms. The van der Waals surface area contributed by atoms with Gasteiger partial charge >= 0.3 is 0 Å². The lowest BCUT2D eigenvalue weighted by Gasteiger charge is -2.15. The van der Waals surface area contributed by atoms with Gasteiger partial charge in [-0.3, -0.25) is 0 Å². The van der Waals surface area contributed by atoms with E-state index in [4.69, 9.17) is 4.74 Å². The standard InChI is InChI=1S/C20H24I2O5S2/c1-13-15(19(28(3,23)24)7-5-17(13)21)9-11-27-12-10-16-14(2)18(22)6-8-20(16)29(4,25)26/h5-8H,9-12H2,1-4H3. The molecular formula is C20H24I2O5S2. The second kappa shape index (κ2) is 9.92. The molecule has 5 nitrogen and oxygen atoms in total. The maximum atomic E-state index is 12.1. The predicted octanol–water partition coefficient (Wildman–Crippen LogP) is 4.12. The van der Waals surface area contributed by atoms with Crippen molar-refractivity contribution in [1.82, 2.24) is 0 Å². The van der Waals surface area contributed by atoms with Crippen LogP contribution >= 0.6 is 45.2 Å². The van der Waals surface area contributed by atoms with Crippen LogP contribution in [0.5, 0.6) is 0 Å². The van der Waals surface area contributed by atoms with E-state index in [1.54, 1.807) is 12.1 Å². The molecule has 2 aromatic rings. The van der Waals surface area contributed by atoms with Gasteiger partial charge < -0.3 is 4.74 Å². The molecule has 29 heavy (non-hydrogen) atoms. The first-order chi connectivity index (χ1) is 13.3. The summed E-state index contributed by atoms with van der Waals surface area (Å²) in [4.78, 5) is 0.679. The zero-order valence-corrected chi connectivity index (χ0v) is 22.7. The minimum Gasteiger partial charge on any atom is -0.381 e. The second-order valence-corrected chi connectivity index (χ2v) is 13.2. The molecule has 0 unspecified atom stereocenters. The van der Waals surface area contributed by atoms with Gasteiger partial charge in [0.05, 0.1) is 23.0 Å². The number of hydrogen-bond donors (Lipinski definition) is 0. The average molecular weight is 662 g/mol. The lowest BCUT2D eigenvalue weighted by atomic mass is 10.1. The van der Waals surface area contributed by atoms with Crippen molar-refractivity contribution in [2.24, 2.45) is 0 Å². The first kappa shape index (κ1) is 25.0. The molecule has 0 saturated carbocycles. The normalized spacial score (nSPS) is 12.3. The molecule has 0 N–H and O–H groups in total. The molecule has 0 aliphatic rings. The lowest BCUT2D eigenvalue weighted by Crippen LogP contribution is -2.11. The highest BCUT2D eigenvalue weighted by molar-refractivity contribution is 14.1. The van der Waals surface area contributed by atoms with E-state index in [9.17, 15) is 16.8 Å². The Bertz CT molecular complexity index is 1030. The third-order valence-electron chi connectivity index (χ3n) is 4.77. The molecule has 2 rings (SSSR count). The minimum absolute atomic E-state index is 0.340. The highest BCUT2D eigenvalue weighted by Gasteiger charge is 2.18. The SMILES string of the molecule is Cc1c(I)ccc(S(C)(=O)=O)c1CCOCCc1c(S(C)(=O)=O)ccc(I)c1C. The summed E-state index contributed by atoms with van der Waals surface area (Å²) >= 11 is 4.39. The molecule has 2 aromatic carbocycles. The monoisotopic (exact) mass is 662 g/mol. The van der Waals surface area contributed by atoms with Gasteiger partial charge in [-0.05, 0) is 118 Å². The number of ether oxygens (including phenoxy) is 1. The van der Waals surface area contributed by atoms with E-state index >= 15 is 0 Å². The summed E-state index contributed by atoms with van der Waals surface area (Å²) in [5.41, 5.74) is 3.46. The van der Waals surface area contributed by atoms with Crippen molar-refractivity contribution in [3.05, 3.63) is 53.7 Å². The van der Waals surface area contributed by atoms with Crippen molar-refractivity contribution >= 4 is 64.9 Å². The van der Waals surface area contributed by atoms with Gasteiger partial charge in [-0.2, -0.15) is 0 Å². The first-order valence-electron chi connectivity index (χ1n) is 8.88. The molecular weight excluding hydrogens is 638 g/mol. The van der Waals surface area contributed by atoms with Crippen LogP contribution in [0.25, 0.3) is 0 Å². The molecule has 0 atom stereocenters. The van der Waals surface area contributed by atoms with Gasteiger partial charge in [0.1, 0.15) is 0 Å². The Hall–Kier alpha value is -0.240. The molecule has 0 saturated heterocycles. The lowest BCUT2D eigenvalue weighted by molar-refractivity contribution is 0.139. The fourth-order valence-electron chi connectivity index (χ4n) is 3.17. The summed E-state index contributed by atoms with van der Waals surface area (Å²) in [5, 5.41) is 0. The predicted molar refractivity (Wildman–Crippen MR) is 132 cm³/mol. The van der Waals surface area contributed by atoms with E-state index in [2.05, 4.69) is 45.2 Å². The topological polar surface area (TPSA) is 77.5 Å². The van der Waals surface area contributed by atoms with Crippen LogP contribution in [0.3, 0.4) is 0 Å². The summed E-state index contributed by atoms with van der Waals surface area (Å²) < 4.78 is 56.2. The summed E-state index contributed by atoms with van der Waals surface area (Å²) in [6, 6.07) is 6.91. The molecule has 0 fully saturated rings. The maximum Gasteiger partial charge on any atom is 0.175 e. The third-order valence-corrected chi connectivity index (χ3v) is 9.47. The van der Waals surface area contributed by atoms with E-state index in [1.807, 2.05) is 26.0 Å². The van der Waals surface area contributed by atoms with Crippen molar-refractivity contribution in [3.63, 3.8) is 0 Å². The summed E-state index contributed by atoms with van der Waals surface area (Å²) in [6.45, 7) is 4.56. The Morgan fingerprint density at radius 1 is 0.724 bits per heavy atom. The van der Waals surface area contributed by atoms with Gasteiger partial charge in [0, 0.05) is 19.7 Å². The highest BCUT2D eigenvalue weighted by atomic mass is 127. The largest absolute Gasteiger partial charge is 0.381 e. The summed E-state index contributed by atoms with van der Waals surface area (Å²) in [7, 11) is -6.63. The van der Waals surface area contributed by atoms with Crippen LogP contribution in [0.2, 0.25) is 0 Å². The van der Waals surface area contributed by atoms with Gasteiger partial charge in [0.15, 0.2) is 19.7 Å². The average Bonchev–Trinajstić information content (AvgIpc) is 2.59. The van der Waals surface area contributed by atoms with Crippen LogP contribution in [0.4, 0.5) is 0 Å². The molecule has 9 heteroatoms. The van der Waals surface area contributed by atoms with Crippen molar-refractivity contribution in [3.8, 4) is 0 Å². The van der Waals surface area contributed by atoms with Gasteiger partial charge in [-0.25, -0.2) is 16.8 Å². The fraction of sp³-hybridized carbons (Fsp3) is 0.400. The van der Waals surface area contributed by atoms with E-state index in [0.29, 0.717) is 35.8 Å². The molecule has 0 radical (unpaired) electrons. The molecule has 0 amide bonds. The quantitative estimate of drug-likeness (QED) is 0.314. The Balaban J connectivity index is 2.11. The van der Waals surface area contributed by atoms with E-state index in [1.165, 1.54) is 12.5 Å². The van der Waals surface area contributed by atoms with Crippen LogP contribution in [0.15, 0.2) is 34.1 Å². The van der Waals surface area contributed by atoms with Crippen LogP contribution < -0.4 is 0 Å². The van der Waals surface area contributed by atoms with Gasteiger partial charge in [-0.15, -0.1) is 0 Å². The number of sulfone groups is 2. The molecule has 0 heterocycles. The highest BCUT2D eigenvalue weighted by Crippen LogP contribution is 2.26. The summed E-state index contributed by atoms with van der Waals surface area (Å²) in [6.07, 6.45) is 3.39. The van der Waals surface area contributed by atoms with E-state index in [-0.39, 0.29) is 0 Å². The van der Waals surface area contributed by atoms with Crippen LogP contribution in [-0.2, 0) is 37.3 Å². The van der Waals surface area contributed by atoms with Crippen molar-refractivity contribution in [2.75, 3.05) is 25.7 Å². The number of hydrogen-bond acceptors (Lipinski definition) is 5. The molecule has 0 aliphatic heterocycles. The molecule has 0 aromatic heterocycles. The number of halogens is 2. The third kappa shape index (κ3) is 6.37. The Labute approximate surface area is 200 Å². The van der Waals surface area contributed by atoms with E-state index < -0.39 is 19.7 Å². The Kier molecular flexibility index (Phi) is 8.56. The summed E-state index contributed by atoms with van der Waals surface area (Å²) in [5.74, 6) is 0. The first-order valence-corrected chi connectivity index (χ1v) is 14.8. The van der Waals surface area contributed by atoms with Crippen molar-refractivity contribution in [2.45, 2.75) is 36.5 Å². The molecule has 160 valence electrons. The zero-order valence-electron chi connectivity index (χ0n) is 16.8. The van der Waals surface area contributed by atoms with Crippen LogP contribution in [-0.4, -0.2) is 42.6 Å². The molecule has 0 spiro atoms. The maximum absolute atomic E-state index is 12.1. The fourth-order valence-corrected chi connectivity index (χ4v) is 6.22. The Morgan fingerprint density at radius 3 is 1.38 bits per heavy atom. The van der Waals surface area contributed by atoms with Crippen molar-refractivity contribution < 1.29 is 21.6 Å². The minimum atomic E-state index is -3.32.